The van der Waals surface area contributed by atoms with E-state index in [-0.39, 0.29) is 30.1 Å². The second kappa shape index (κ2) is 9.80. The van der Waals surface area contributed by atoms with Crippen molar-refractivity contribution in [3.63, 3.8) is 0 Å². The molecule has 1 aromatic heterocycles. The fourth-order valence-corrected chi connectivity index (χ4v) is 4.15. The van der Waals surface area contributed by atoms with Gasteiger partial charge in [0.1, 0.15) is 6.10 Å². The molecule has 3 heterocycles. The Labute approximate surface area is 190 Å². The summed E-state index contributed by atoms with van der Waals surface area (Å²) in [7, 11) is 3.79. The number of aliphatic imine (C=N–C) groups is 1. The Morgan fingerprint density at radius 2 is 2.17 bits per heavy atom. The zero-order valence-corrected chi connectivity index (χ0v) is 19.7. The molecule has 8 heteroatoms. The van der Waals surface area contributed by atoms with Gasteiger partial charge in [0, 0.05) is 57.2 Å². The van der Waals surface area contributed by atoms with Gasteiger partial charge in [-0.25, -0.2) is 0 Å². The Morgan fingerprint density at radius 3 is 2.93 bits per heavy atom. The number of morpholine rings is 1. The van der Waals surface area contributed by atoms with Gasteiger partial charge in [0.05, 0.1) is 19.3 Å². The van der Waals surface area contributed by atoms with E-state index in [2.05, 4.69) is 56.4 Å². The van der Waals surface area contributed by atoms with Crippen molar-refractivity contribution in [2.75, 3.05) is 44.7 Å². The highest BCUT2D eigenvalue weighted by molar-refractivity contribution is 14.0. The summed E-state index contributed by atoms with van der Waals surface area (Å²) < 4.78 is 7.78. The summed E-state index contributed by atoms with van der Waals surface area (Å²) in [5.74, 6) is 0.941. The third kappa shape index (κ3) is 4.85. The lowest BCUT2D eigenvalue weighted by atomic mass is 10.1. The molecule has 0 radical (unpaired) electrons. The van der Waals surface area contributed by atoms with Crippen molar-refractivity contribution in [3.05, 3.63) is 47.8 Å². The maximum Gasteiger partial charge on any atom is 0.193 e. The highest BCUT2D eigenvalue weighted by Crippen LogP contribution is 2.29. The first-order valence-electron chi connectivity index (χ1n) is 10.1. The molecule has 2 atom stereocenters. The number of anilines is 1. The molecule has 0 saturated carbocycles. The number of nitrogens with zero attached hydrogens (tertiary/aromatic N) is 5. The van der Waals surface area contributed by atoms with Gasteiger partial charge in [-0.2, -0.15) is 5.10 Å². The molecule has 0 aliphatic carbocycles. The summed E-state index contributed by atoms with van der Waals surface area (Å²) in [6.45, 7) is 6.54. The fraction of sp³-hybridized carbons (Fsp3) is 0.524. The molecule has 2 unspecified atom stereocenters. The standard InChI is InChI=1S/C21H30N6O.HI/c1-16(27-9-8-17-6-4-5-7-19(17)27)12-23-21(22-2)26-10-11-28-20(15-26)18-13-24-25(3)14-18;/h4-7,13-14,16,20H,8-12,15H2,1-3H3,(H,22,23);1H. The predicted molar refractivity (Wildman–Crippen MR) is 127 cm³/mol. The molecule has 1 saturated heterocycles. The number of aryl methyl sites for hydroxylation is 1. The average Bonchev–Trinajstić information content (AvgIpc) is 3.35. The average molecular weight is 510 g/mol. The van der Waals surface area contributed by atoms with Crippen molar-refractivity contribution in [2.24, 2.45) is 12.0 Å². The van der Waals surface area contributed by atoms with E-state index >= 15 is 0 Å². The van der Waals surface area contributed by atoms with Gasteiger partial charge in [-0.15, -0.1) is 24.0 Å². The molecule has 0 spiro atoms. The number of hydrogen-bond acceptors (Lipinski definition) is 4. The van der Waals surface area contributed by atoms with Gasteiger partial charge < -0.3 is 19.9 Å². The Morgan fingerprint density at radius 1 is 1.34 bits per heavy atom. The van der Waals surface area contributed by atoms with Gasteiger partial charge in [-0.1, -0.05) is 18.2 Å². The van der Waals surface area contributed by atoms with Crippen LogP contribution in [0.15, 0.2) is 41.7 Å². The summed E-state index contributed by atoms with van der Waals surface area (Å²) in [6, 6.07) is 9.12. The molecule has 1 fully saturated rings. The van der Waals surface area contributed by atoms with Crippen molar-refractivity contribution in [1.82, 2.24) is 20.0 Å². The molecule has 0 amide bonds. The maximum atomic E-state index is 5.96. The van der Waals surface area contributed by atoms with Crippen LogP contribution in [0.2, 0.25) is 0 Å². The third-order valence-corrected chi connectivity index (χ3v) is 5.69. The van der Waals surface area contributed by atoms with E-state index in [0.717, 1.165) is 44.1 Å². The Balaban J connectivity index is 0.00000240. The normalized spacial score (nSPS) is 20.2. The van der Waals surface area contributed by atoms with Gasteiger partial charge >= 0.3 is 0 Å². The number of para-hydroxylation sites is 1. The van der Waals surface area contributed by atoms with Crippen LogP contribution in [0.1, 0.15) is 24.2 Å². The number of ether oxygens (including phenoxy) is 1. The van der Waals surface area contributed by atoms with E-state index < -0.39 is 0 Å². The lowest BCUT2D eigenvalue weighted by molar-refractivity contribution is -0.00803. The summed E-state index contributed by atoms with van der Waals surface area (Å²) in [6.07, 6.45) is 5.07. The minimum atomic E-state index is 0. The number of benzene rings is 1. The molecule has 2 aliphatic rings. The molecule has 1 N–H and O–H groups in total. The van der Waals surface area contributed by atoms with Crippen LogP contribution in [-0.2, 0) is 18.2 Å². The smallest absolute Gasteiger partial charge is 0.193 e. The van der Waals surface area contributed by atoms with Gasteiger partial charge in [0.15, 0.2) is 5.96 Å². The zero-order valence-electron chi connectivity index (χ0n) is 17.4. The number of guanidine groups is 1. The first kappa shape index (κ1) is 21.9. The van der Waals surface area contributed by atoms with Crippen molar-refractivity contribution >= 4 is 35.6 Å². The van der Waals surface area contributed by atoms with Crippen molar-refractivity contribution in [3.8, 4) is 0 Å². The first-order valence-corrected chi connectivity index (χ1v) is 10.1. The van der Waals surface area contributed by atoms with Gasteiger partial charge in [-0.05, 0) is 25.0 Å². The fourth-order valence-electron chi connectivity index (χ4n) is 4.15. The van der Waals surface area contributed by atoms with E-state index in [0.29, 0.717) is 12.6 Å². The molecule has 158 valence electrons. The van der Waals surface area contributed by atoms with E-state index in [4.69, 9.17) is 4.74 Å². The second-order valence-electron chi connectivity index (χ2n) is 7.60. The van der Waals surface area contributed by atoms with E-state index in [1.807, 2.05) is 31.2 Å². The van der Waals surface area contributed by atoms with Crippen LogP contribution in [0, 0.1) is 0 Å². The second-order valence-corrected chi connectivity index (χ2v) is 7.60. The SMILES string of the molecule is CN=C(NCC(C)N1CCc2ccccc21)N1CCOC(c2cnn(C)c2)C1.I. The van der Waals surface area contributed by atoms with E-state index in [1.165, 1.54) is 11.3 Å². The number of rotatable bonds is 4. The van der Waals surface area contributed by atoms with Gasteiger partial charge in [0.2, 0.25) is 0 Å². The highest BCUT2D eigenvalue weighted by Gasteiger charge is 2.27. The Kier molecular flexibility index (Phi) is 7.39. The quantitative estimate of drug-likeness (QED) is 0.389. The minimum Gasteiger partial charge on any atom is -0.370 e. The lowest BCUT2D eigenvalue weighted by Gasteiger charge is -2.36. The number of aromatic nitrogens is 2. The van der Waals surface area contributed by atoms with Gasteiger partial charge in [0.25, 0.3) is 0 Å². The van der Waals surface area contributed by atoms with Crippen molar-refractivity contribution in [1.29, 1.82) is 0 Å². The van der Waals surface area contributed by atoms with E-state index in [9.17, 15) is 0 Å². The van der Waals surface area contributed by atoms with Crippen LogP contribution in [0.3, 0.4) is 0 Å². The van der Waals surface area contributed by atoms with Crippen LogP contribution in [0.25, 0.3) is 0 Å². The van der Waals surface area contributed by atoms with Crippen LogP contribution < -0.4 is 10.2 Å². The largest absolute Gasteiger partial charge is 0.370 e. The highest BCUT2D eigenvalue weighted by atomic mass is 127. The topological polar surface area (TPSA) is 57.9 Å². The molecule has 1 aromatic carbocycles. The molecule has 2 aromatic rings. The number of nitrogens with one attached hydrogen (secondary N) is 1. The molecular weight excluding hydrogens is 479 g/mol. The Hall–Kier alpha value is -1.81. The molecule has 2 aliphatic heterocycles. The molecule has 4 rings (SSSR count). The molecule has 0 bridgehead atoms. The number of halogens is 1. The summed E-state index contributed by atoms with van der Waals surface area (Å²) >= 11 is 0. The van der Waals surface area contributed by atoms with Crippen LogP contribution in [0.5, 0.6) is 0 Å². The van der Waals surface area contributed by atoms with Crippen LogP contribution in [-0.4, -0.2) is 66.5 Å². The molecule has 29 heavy (non-hydrogen) atoms. The monoisotopic (exact) mass is 510 g/mol. The van der Waals surface area contributed by atoms with Crippen LogP contribution in [0.4, 0.5) is 5.69 Å². The minimum absolute atomic E-state index is 0. The van der Waals surface area contributed by atoms with Gasteiger partial charge in [-0.3, -0.25) is 9.67 Å². The molecular formula is C21H31IN6O. The molecule has 7 nitrogen and oxygen atoms in total. The van der Waals surface area contributed by atoms with Crippen molar-refractivity contribution < 1.29 is 4.74 Å². The van der Waals surface area contributed by atoms with E-state index in [1.54, 1.807) is 0 Å². The van der Waals surface area contributed by atoms with Crippen LogP contribution >= 0.6 is 24.0 Å². The lowest BCUT2D eigenvalue weighted by Crippen LogP contribution is -2.51. The van der Waals surface area contributed by atoms with Crippen molar-refractivity contribution in [2.45, 2.75) is 25.5 Å². The third-order valence-electron chi connectivity index (χ3n) is 5.69. The zero-order chi connectivity index (χ0) is 19.5. The summed E-state index contributed by atoms with van der Waals surface area (Å²) in [4.78, 5) is 9.30. The first-order chi connectivity index (χ1) is 13.7. The predicted octanol–water partition coefficient (Wildman–Crippen LogP) is 2.44. The number of fused-ring (bicyclic) bond motifs is 1. The maximum absolute atomic E-state index is 5.96. The summed E-state index contributed by atoms with van der Waals surface area (Å²) in [5.41, 5.74) is 3.94. The summed E-state index contributed by atoms with van der Waals surface area (Å²) in [5, 5.41) is 7.85. The number of hydrogen-bond donors (Lipinski definition) is 1. The Bertz CT molecular complexity index is 838.